The molecule has 0 aliphatic heterocycles. The highest BCUT2D eigenvalue weighted by molar-refractivity contribution is 5.76. The van der Waals surface area contributed by atoms with E-state index in [0.29, 0.717) is 6.42 Å². The highest BCUT2D eigenvalue weighted by atomic mass is 16.3. The number of aromatic nitrogens is 1. The van der Waals surface area contributed by atoms with Crippen LogP contribution in [-0.4, -0.2) is 4.98 Å². The van der Waals surface area contributed by atoms with Gasteiger partial charge in [-0.25, -0.2) is 4.98 Å². The predicted octanol–water partition coefficient (Wildman–Crippen LogP) is 3.41. The Morgan fingerprint density at radius 2 is 2.25 bits per heavy atom. The van der Waals surface area contributed by atoms with Crippen molar-refractivity contribution in [1.82, 2.24) is 4.98 Å². The minimum Gasteiger partial charge on any atom is -0.440 e. The third-order valence-corrected chi connectivity index (χ3v) is 2.51. The van der Waals surface area contributed by atoms with E-state index in [2.05, 4.69) is 24.9 Å². The fourth-order valence-electron chi connectivity index (χ4n) is 1.66. The maximum Gasteiger partial charge on any atom is 0.198 e. The van der Waals surface area contributed by atoms with Gasteiger partial charge in [-0.1, -0.05) is 26.0 Å². The van der Waals surface area contributed by atoms with Gasteiger partial charge in [0, 0.05) is 12.3 Å². The van der Waals surface area contributed by atoms with Crippen molar-refractivity contribution in [2.75, 3.05) is 0 Å². The summed E-state index contributed by atoms with van der Waals surface area (Å²) in [5.41, 5.74) is 2.79. The first kappa shape index (κ1) is 10.7. The summed E-state index contributed by atoms with van der Waals surface area (Å²) in [6, 6.07) is 8.05. The van der Waals surface area contributed by atoms with Crippen LogP contribution in [0, 0.1) is 11.3 Å². The first-order chi connectivity index (χ1) is 7.72. The smallest absolute Gasteiger partial charge is 0.198 e. The van der Waals surface area contributed by atoms with Gasteiger partial charge >= 0.3 is 0 Å². The van der Waals surface area contributed by atoms with Crippen LogP contribution in [-0.2, 0) is 6.42 Å². The van der Waals surface area contributed by atoms with E-state index in [0.717, 1.165) is 29.0 Å². The van der Waals surface area contributed by atoms with Gasteiger partial charge in [-0.15, -0.1) is 0 Å². The quantitative estimate of drug-likeness (QED) is 0.786. The van der Waals surface area contributed by atoms with Gasteiger partial charge in [0.2, 0.25) is 0 Å². The molecule has 0 atom stereocenters. The van der Waals surface area contributed by atoms with Crippen LogP contribution in [0.1, 0.15) is 37.6 Å². The van der Waals surface area contributed by atoms with E-state index in [1.807, 2.05) is 18.2 Å². The lowest BCUT2D eigenvalue weighted by atomic mass is 10.1. The van der Waals surface area contributed by atoms with Crippen molar-refractivity contribution < 1.29 is 4.42 Å². The summed E-state index contributed by atoms with van der Waals surface area (Å²) in [5, 5.41) is 8.60. The third kappa shape index (κ3) is 1.92. The number of fused-ring (bicyclic) bond motifs is 1. The van der Waals surface area contributed by atoms with E-state index in [4.69, 9.17) is 9.68 Å². The number of hydrogen-bond acceptors (Lipinski definition) is 3. The molecule has 3 nitrogen and oxygen atoms in total. The third-order valence-electron chi connectivity index (χ3n) is 2.51. The highest BCUT2D eigenvalue weighted by Gasteiger charge is 2.11. The van der Waals surface area contributed by atoms with Gasteiger partial charge in [0.15, 0.2) is 11.5 Å². The molecule has 0 N–H and O–H groups in total. The second-order valence-electron chi connectivity index (χ2n) is 4.13. The molecule has 2 rings (SSSR count). The zero-order valence-corrected chi connectivity index (χ0v) is 9.53. The fourth-order valence-corrected chi connectivity index (χ4v) is 1.66. The Bertz CT molecular complexity index is 534. The SMILES string of the molecule is CC(C)c1nc2cccc(CCC#N)c2o1. The average molecular weight is 214 g/mol. The molecule has 0 saturated heterocycles. The summed E-state index contributed by atoms with van der Waals surface area (Å²) in [6.07, 6.45) is 1.23. The Balaban J connectivity index is 2.46. The summed E-state index contributed by atoms with van der Waals surface area (Å²) >= 11 is 0. The van der Waals surface area contributed by atoms with Gasteiger partial charge in [0.05, 0.1) is 6.07 Å². The van der Waals surface area contributed by atoms with Crippen molar-refractivity contribution in [3.63, 3.8) is 0 Å². The van der Waals surface area contributed by atoms with Gasteiger partial charge in [0.1, 0.15) is 5.52 Å². The summed E-state index contributed by atoms with van der Waals surface area (Å²) < 4.78 is 5.74. The molecule has 0 unspecified atom stereocenters. The fraction of sp³-hybridized carbons (Fsp3) is 0.385. The Morgan fingerprint density at radius 3 is 2.94 bits per heavy atom. The second kappa shape index (κ2) is 4.36. The van der Waals surface area contributed by atoms with Gasteiger partial charge in [-0.05, 0) is 18.1 Å². The van der Waals surface area contributed by atoms with Crippen LogP contribution in [0.15, 0.2) is 22.6 Å². The first-order valence-corrected chi connectivity index (χ1v) is 5.47. The van der Waals surface area contributed by atoms with Crippen molar-refractivity contribution in [3.05, 3.63) is 29.7 Å². The molecule has 1 heterocycles. The molecule has 1 aromatic carbocycles. The van der Waals surface area contributed by atoms with E-state index >= 15 is 0 Å². The van der Waals surface area contributed by atoms with E-state index in [1.165, 1.54) is 0 Å². The number of rotatable bonds is 3. The minimum absolute atomic E-state index is 0.288. The number of benzene rings is 1. The van der Waals surface area contributed by atoms with Crippen LogP contribution in [0.25, 0.3) is 11.1 Å². The van der Waals surface area contributed by atoms with Crippen LogP contribution in [0.5, 0.6) is 0 Å². The van der Waals surface area contributed by atoms with Crippen molar-refractivity contribution in [2.45, 2.75) is 32.6 Å². The molecule has 0 radical (unpaired) electrons. The van der Waals surface area contributed by atoms with Crippen LogP contribution in [0.2, 0.25) is 0 Å². The number of para-hydroxylation sites is 1. The molecule has 0 saturated carbocycles. The summed E-state index contributed by atoms with van der Waals surface area (Å²) in [6.45, 7) is 4.11. The minimum atomic E-state index is 0.288. The summed E-state index contributed by atoms with van der Waals surface area (Å²) in [7, 11) is 0. The Morgan fingerprint density at radius 1 is 1.44 bits per heavy atom. The van der Waals surface area contributed by atoms with E-state index < -0.39 is 0 Å². The van der Waals surface area contributed by atoms with Gasteiger partial charge in [-0.3, -0.25) is 0 Å². The monoisotopic (exact) mass is 214 g/mol. The van der Waals surface area contributed by atoms with Gasteiger partial charge in [-0.2, -0.15) is 5.26 Å². The topological polar surface area (TPSA) is 49.8 Å². The first-order valence-electron chi connectivity index (χ1n) is 5.47. The molecule has 0 aliphatic rings. The van der Waals surface area contributed by atoms with Crippen LogP contribution >= 0.6 is 0 Å². The number of hydrogen-bond donors (Lipinski definition) is 0. The van der Waals surface area contributed by atoms with Gasteiger partial charge in [0.25, 0.3) is 0 Å². The zero-order chi connectivity index (χ0) is 11.5. The predicted molar refractivity (Wildman–Crippen MR) is 62.0 cm³/mol. The number of nitrogens with zero attached hydrogens (tertiary/aromatic N) is 2. The largest absolute Gasteiger partial charge is 0.440 e. The molecular formula is C13H14N2O. The summed E-state index contributed by atoms with van der Waals surface area (Å²) in [5.74, 6) is 1.05. The molecule has 0 fully saturated rings. The van der Waals surface area contributed by atoms with Crippen molar-refractivity contribution >= 4 is 11.1 Å². The average Bonchev–Trinajstić information content (AvgIpc) is 2.70. The van der Waals surface area contributed by atoms with Gasteiger partial charge < -0.3 is 4.42 Å². The maximum absolute atomic E-state index is 8.60. The molecule has 2 aromatic rings. The molecule has 0 bridgehead atoms. The normalized spacial score (nSPS) is 10.9. The standard InChI is InChI=1S/C13H14N2O/c1-9(2)13-15-11-7-3-5-10(6-4-8-14)12(11)16-13/h3,5,7,9H,4,6H2,1-2H3. The molecule has 0 amide bonds. The molecular weight excluding hydrogens is 200 g/mol. The van der Waals surface area contributed by atoms with Crippen molar-refractivity contribution in [2.24, 2.45) is 0 Å². The van der Waals surface area contributed by atoms with Crippen LogP contribution in [0.4, 0.5) is 0 Å². The van der Waals surface area contributed by atoms with E-state index in [9.17, 15) is 0 Å². The Labute approximate surface area is 94.7 Å². The van der Waals surface area contributed by atoms with Crippen molar-refractivity contribution in [3.8, 4) is 6.07 Å². The Hall–Kier alpha value is -1.82. The number of nitriles is 1. The molecule has 0 aliphatic carbocycles. The van der Waals surface area contributed by atoms with Crippen molar-refractivity contribution in [1.29, 1.82) is 5.26 Å². The Kier molecular flexibility index (Phi) is 2.91. The van der Waals surface area contributed by atoms with E-state index in [-0.39, 0.29) is 5.92 Å². The zero-order valence-electron chi connectivity index (χ0n) is 9.53. The second-order valence-corrected chi connectivity index (χ2v) is 4.13. The molecule has 1 aromatic heterocycles. The number of aryl methyl sites for hydroxylation is 1. The summed E-state index contributed by atoms with van der Waals surface area (Å²) in [4.78, 5) is 4.43. The lowest BCUT2D eigenvalue weighted by Gasteiger charge is -1.97. The number of oxazole rings is 1. The maximum atomic E-state index is 8.60. The lowest BCUT2D eigenvalue weighted by molar-refractivity contribution is 0.499. The lowest BCUT2D eigenvalue weighted by Crippen LogP contribution is -1.84. The molecule has 3 heteroatoms. The molecule has 16 heavy (non-hydrogen) atoms. The molecule has 0 spiro atoms. The van der Waals surface area contributed by atoms with Crippen LogP contribution in [0.3, 0.4) is 0 Å². The molecule has 82 valence electrons. The van der Waals surface area contributed by atoms with Crippen LogP contribution < -0.4 is 0 Å². The van der Waals surface area contributed by atoms with E-state index in [1.54, 1.807) is 0 Å². The highest BCUT2D eigenvalue weighted by Crippen LogP contribution is 2.24.